The molecule has 0 aliphatic carbocycles. The number of piperazine rings is 1. The molecule has 138 valence electrons. The molecule has 0 radical (unpaired) electrons. The number of para-hydroxylation sites is 1. The number of benzene rings is 2. The molecule has 1 aliphatic heterocycles. The number of aromatic nitrogens is 2. The molecule has 1 atom stereocenters. The molecule has 1 aliphatic rings. The van der Waals surface area contributed by atoms with Crippen LogP contribution in [0.4, 0.5) is 5.69 Å². The van der Waals surface area contributed by atoms with Crippen molar-refractivity contribution < 1.29 is 4.79 Å². The maximum absolute atomic E-state index is 12.9. The molecular formula is C22H24N4O. The first-order valence-electron chi connectivity index (χ1n) is 9.41. The summed E-state index contributed by atoms with van der Waals surface area (Å²) in [5.41, 5.74) is 3.24. The van der Waals surface area contributed by atoms with Crippen LogP contribution < -0.4 is 4.90 Å². The van der Waals surface area contributed by atoms with Gasteiger partial charge in [0.1, 0.15) is 5.82 Å². The number of anilines is 1. The van der Waals surface area contributed by atoms with E-state index in [1.165, 1.54) is 5.69 Å². The number of nitrogens with zero attached hydrogens (tertiary/aromatic N) is 3. The van der Waals surface area contributed by atoms with Crippen LogP contribution in [0, 0.1) is 0 Å². The van der Waals surface area contributed by atoms with Crippen molar-refractivity contribution in [3.63, 3.8) is 0 Å². The third kappa shape index (κ3) is 3.72. The van der Waals surface area contributed by atoms with E-state index < -0.39 is 0 Å². The lowest BCUT2D eigenvalue weighted by molar-refractivity contribution is -0.132. The number of imidazole rings is 1. The van der Waals surface area contributed by atoms with E-state index >= 15 is 0 Å². The van der Waals surface area contributed by atoms with Crippen LogP contribution in [0.5, 0.6) is 0 Å². The van der Waals surface area contributed by atoms with Gasteiger partial charge in [-0.15, -0.1) is 0 Å². The molecule has 1 saturated heterocycles. The standard InChI is InChI=1S/C22H24N4O/c1-17(21-23-16-20(24-21)18-8-4-2-5-9-18)22(27)26-14-12-25(13-15-26)19-10-6-3-7-11-19/h2-11,16-17H,12-15H2,1H3,(H,23,24). The quantitative estimate of drug-likeness (QED) is 0.774. The van der Waals surface area contributed by atoms with Gasteiger partial charge in [0, 0.05) is 31.9 Å². The molecule has 1 amide bonds. The molecule has 1 unspecified atom stereocenters. The second-order valence-electron chi connectivity index (χ2n) is 6.92. The molecule has 0 saturated carbocycles. The van der Waals surface area contributed by atoms with Crippen molar-refractivity contribution in [1.82, 2.24) is 14.9 Å². The Balaban J connectivity index is 1.39. The Morgan fingerprint density at radius 2 is 1.59 bits per heavy atom. The molecule has 0 spiro atoms. The Hall–Kier alpha value is -3.08. The van der Waals surface area contributed by atoms with Gasteiger partial charge in [0.25, 0.3) is 0 Å². The van der Waals surface area contributed by atoms with Gasteiger partial charge in [0.05, 0.1) is 17.8 Å². The number of hydrogen-bond donors (Lipinski definition) is 1. The SMILES string of the molecule is CC(C(=O)N1CCN(c2ccccc2)CC1)c1ncc(-c2ccccc2)[nH]1. The van der Waals surface area contributed by atoms with E-state index in [2.05, 4.69) is 39.1 Å². The van der Waals surface area contributed by atoms with Crippen LogP contribution in [-0.2, 0) is 4.79 Å². The first-order chi connectivity index (χ1) is 13.2. The fourth-order valence-corrected chi connectivity index (χ4v) is 3.54. The molecule has 2 aromatic carbocycles. The molecule has 4 rings (SSSR count). The number of nitrogens with one attached hydrogen (secondary N) is 1. The molecule has 0 bridgehead atoms. The summed E-state index contributed by atoms with van der Waals surface area (Å²) >= 11 is 0. The van der Waals surface area contributed by atoms with Crippen LogP contribution in [0.15, 0.2) is 66.9 Å². The number of aromatic amines is 1. The summed E-state index contributed by atoms with van der Waals surface area (Å²) in [5.74, 6) is 0.590. The summed E-state index contributed by atoms with van der Waals surface area (Å²) in [4.78, 5) is 25.0. The van der Waals surface area contributed by atoms with Gasteiger partial charge in [0.15, 0.2) is 0 Å². The summed E-state index contributed by atoms with van der Waals surface area (Å²) < 4.78 is 0. The first kappa shape index (κ1) is 17.3. The number of carbonyl (C=O) groups excluding carboxylic acids is 1. The van der Waals surface area contributed by atoms with Crippen molar-refractivity contribution in [1.29, 1.82) is 0 Å². The highest BCUT2D eigenvalue weighted by Gasteiger charge is 2.27. The third-order valence-electron chi connectivity index (χ3n) is 5.17. The molecule has 2 heterocycles. The van der Waals surface area contributed by atoms with E-state index in [0.717, 1.165) is 43.3 Å². The second kappa shape index (κ2) is 7.66. The van der Waals surface area contributed by atoms with Crippen LogP contribution >= 0.6 is 0 Å². The third-order valence-corrected chi connectivity index (χ3v) is 5.17. The van der Waals surface area contributed by atoms with Crippen LogP contribution in [0.2, 0.25) is 0 Å². The van der Waals surface area contributed by atoms with Crippen LogP contribution in [0.3, 0.4) is 0 Å². The Bertz CT molecular complexity index is 883. The summed E-state index contributed by atoms with van der Waals surface area (Å²) in [6, 6.07) is 20.4. The normalized spacial score (nSPS) is 15.6. The number of carbonyl (C=O) groups is 1. The molecule has 5 heteroatoms. The molecule has 1 fully saturated rings. The molecule has 27 heavy (non-hydrogen) atoms. The molecule has 5 nitrogen and oxygen atoms in total. The average molecular weight is 360 g/mol. The smallest absolute Gasteiger partial charge is 0.233 e. The zero-order chi connectivity index (χ0) is 18.6. The van der Waals surface area contributed by atoms with Gasteiger partial charge in [0.2, 0.25) is 5.91 Å². The fourth-order valence-electron chi connectivity index (χ4n) is 3.54. The van der Waals surface area contributed by atoms with Gasteiger partial charge in [-0.2, -0.15) is 0 Å². The highest BCUT2D eigenvalue weighted by molar-refractivity contribution is 5.83. The van der Waals surface area contributed by atoms with E-state index in [-0.39, 0.29) is 11.8 Å². The number of hydrogen-bond acceptors (Lipinski definition) is 3. The summed E-state index contributed by atoms with van der Waals surface area (Å²) in [7, 11) is 0. The van der Waals surface area contributed by atoms with Crippen molar-refractivity contribution in [3.05, 3.63) is 72.7 Å². The Morgan fingerprint density at radius 3 is 2.26 bits per heavy atom. The summed E-state index contributed by atoms with van der Waals surface area (Å²) in [5, 5.41) is 0. The lowest BCUT2D eigenvalue weighted by Crippen LogP contribution is -2.49. The van der Waals surface area contributed by atoms with Gasteiger partial charge < -0.3 is 14.8 Å². The number of amides is 1. The van der Waals surface area contributed by atoms with Gasteiger partial charge in [-0.05, 0) is 24.6 Å². The average Bonchev–Trinajstić information content (AvgIpc) is 3.24. The van der Waals surface area contributed by atoms with E-state index in [1.807, 2.05) is 54.4 Å². The van der Waals surface area contributed by atoms with Crippen molar-refractivity contribution in [3.8, 4) is 11.3 Å². The van der Waals surface area contributed by atoms with Crippen LogP contribution in [-0.4, -0.2) is 47.0 Å². The van der Waals surface area contributed by atoms with Crippen LogP contribution in [0.25, 0.3) is 11.3 Å². The highest BCUT2D eigenvalue weighted by Crippen LogP contribution is 2.22. The van der Waals surface area contributed by atoms with E-state index in [0.29, 0.717) is 0 Å². The monoisotopic (exact) mass is 360 g/mol. The van der Waals surface area contributed by atoms with Gasteiger partial charge in [-0.3, -0.25) is 4.79 Å². The van der Waals surface area contributed by atoms with Crippen LogP contribution in [0.1, 0.15) is 18.7 Å². The fraction of sp³-hybridized carbons (Fsp3) is 0.273. The second-order valence-corrected chi connectivity index (χ2v) is 6.92. The van der Waals surface area contributed by atoms with E-state index in [9.17, 15) is 4.79 Å². The van der Waals surface area contributed by atoms with Gasteiger partial charge in [-0.25, -0.2) is 4.98 Å². The number of H-pyrrole nitrogens is 1. The minimum atomic E-state index is -0.272. The van der Waals surface area contributed by atoms with Crippen molar-refractivity contribution in [2.75, 3.05) is 31.1 Å². The summed E-state index contributed by atoms with van der Waals surface area (Å²) in [6.45, 7) is 5.12. The van der Waals surface area contributed by atoms with Crippen molar-refractivity contribution in [2.45, 2.75) is 12.8 Å². The highest BCUT2D eigenvalue weighted by atomic mass is 16.2. The Morgan fingerprint density at radius 1 is 0.963 bits per heavy atom. The maximum Gasteiger partial charge on any atom is 0.233 e. The molecular weight excluding hydrogens is 336 g/mol. The van der Waals surface area contributed by atoms with Gasteiger partial charge in [-0.1, -0.05) is 48.5 Å². The number of rotatable bonds is 4. The van der Waals surface area contributed by atoms with E-state index in [4.69, 9.17) is 0 Å². The van der Waals surface area contributed by atoms with Crippen molar-refractivity contribution >= 4 is 11.6 Å². The largest absolute Gasteiger partial charge is 0.368 e. The Labute approximate surface area is 159 Å². The Kier molecular flexibility index (Phi) is 4.92. The molecule has 3 aromatic rings. The zero-order valence-electron chi connectivity index (χ0n) is 15.5. The predicted molar refractivity (Wildman–Crippen MR) is 108 cm³/mol. The lowest BCUT2D eigenvalue weighted by atomic mass is 10.1. The lowest BCUT2D eigenvalue weighted by Gasteiger charge is -2.37. The van der Waals surface area contributed by atoms with Crippen molar-refractivity contribution in [2.24, 2.45) is 0 Å². The molecule has 1 aromatic heterocycles. The minimum absolute atomic E-state index is 0.136. The minimum Gasteiger partial charge on any atom is -0.368 e. The topological polar surface area (TPSA) is 52.2 Å². The predicted octanol–water partition coefficient (Wildman–Crippen LogP) is 3.53. The summed E-state index contributed by atoms with van der Waals surface area (Å²) in [6.07, 6.45) is 1.81. The molecule has 1 N–H and O–H groups in total. The first-order valence-corrected chi connectivity index (χ1v) is 9.41. The maximum atomic E-state index is 12.9. The van der Waals surface area contributed by atoms with E-state index in [1.54, 1.807) is 0 Å². The zero-order valence-corrected chi connectivity index (χ0v) is 15.5. The van der Waals surface area contributed by atoms with Gasteiger partial charge >= 0.3 is 0 Å².